The van der Waals surface area contributed by atoms with E-state index in [1.165, 1.54) is 22.3 Å². The molecule has 0 spiro atoms. The van der Waals surface area contributed by atoms with Crippen LogP contribution in [0.2, 0.25) is 0 Å². The van der Waals surface area contributed by atoms with Crippen LogP contribution in [-0.4, -0.2) is 23.3 Å². The minimum absolute atomic E-state index is 0.605. The van der Waals surface area contributed by atoms with E-state index in [2.05, 4.69) is 61.1 Å². The summed E-state index contributed by atoms with van der Waals surface area (Å²) in [4.78, 5) is 0. The summed E-state index contributed by atoms with van der Waals surface area (Å²) in [5.41, 5.74) is 6.94. The van der Waals surface area contributed by atoms with Crippen molar-refractivity contribution in [3.63, 3.8) is 0 Å². The van der Waals surface area contributed by atoms with Gasteiger partial charge < -0.3 is 21.3 Å². The normalized spacial score (nSPS) is 10.2. The second-order valence-corrected chi connectivity index (χ2v) is 7.07. The molecule has 0 bridgehead atoms. The highest BCUT2D eigenvalue weighted by atomic mass is 32.1. The van der Waals surface area contributed by atoms with Gasteiger partial charge in [0.15, 0.2) is 10.2 Å². The molecule has 0 radical (unpaired) electrons. The summed E-state index contributed by atoms with van der Waals surface area (Å²) in [6.45, 7) is 9.69. The molecule has 4 N–H and O–H groups in total. The van der Waals surface area contributed by atoms with Crippen LogP contribution < -0.4 is 21.3 Å². The maximum atomic E-state index is 5.36. The lowest BCUT2D eigenvalue weighted by molar-refractivity contribution is 0.821. The molecule has 2 aromatic rings. The highest BCUT2D eigenvalue weighted by Gasteiger charge is 2.04. The van der Waals surface area contributed by atoms with E-state index in [0.717, 1.165) is 11.4 Å². The van der Waals surface area contributed by atoms with E-state index in [1.807, 2.05) is 24.3 Å². The van der Waals surface area contributed by atoms with E-state index < -0.39 is 0 Å². The fraction of sp³-hybridized carbons (Fsp3) is 0.300. The van der Waals surface area contributed by atoms with Crippen molar-refractivity contribution in [1.29, 1.82) is 0 Å². The number of anilines is 2. The number of rotatable bonds is 5. The zero-order valence-electron chi connectivity index (χ0n) is 15.7. The Morgan fingerprint density at radius 3 is 1.46 bits per heavy atom. The topological polar surface area (TPSA) is 48.1 Å². The molecule has 0 aliphatic heterocycles. The molecule has 0 aliphatic carbocycles. The van der Waals surface area contributed by atoms with Gasteiger partial charge in [0.05, 0.1) is 0 Å². The van der Waals surface area contributed by atoms with Crippen LogP contribution in [0, 0.1) is 27.7 Å². The summed E-state index contributed by atoms with van der Waals surface area (Å²) in [6, 6.07) is 12.3. The van der Waals surface area contributed by atoms with Crippen molar-refractivity contribution in [1.82, 2.24) is 10.6 Å². The Bertz CT molecular complexity index is 735. The molecule has 0 saturated carbocycles. The first-order valence-electron chi connectivity index (χ1n) is 8.60. The fourth-order valence-electron chi connectivity index (χ4n) is 2.46. The van der Waals surface area contributed by atoms with E-state index in [4.69, 9.17) is 24.4 Å². The Morgan fingerprint density at radius 1 is 0.692 bits per heavy atom. The summed E-state index contributed by atoms with van der Waals surface area (Å²) in [6.07, 6.45) is 0. The van der Waals surface area contributed by atoms with Crippen LogP contribution in [0.5, 0.6) is 0 Å². The molecule has 0 unspecified atom stereocenters. The van der Waals surface area contributed by atoms with Crippen molar-refractivity contribution >= 4 is 46.0 Å². The van der Waals surface area contributed by atoms with Gasteiger partial charge in [0.1, 0.15) is 0 Å². The first-order valence-corrected chi connectivity index (χ1v) is 9.42. The van der Waals surface area contributed by atoms with Crippen LogP contribution in [0.4, 0.5) is 11.4 Å². The third kappa shape index (κ3) is 5.68. The Kier molecular flexibility index (Phi) is 7.36. The van der Waals surface area contributed by atoms with Crippen LogP contribution in [0.1, 0.15) is 22.3 Å². The maximum absolute atomic E-state index is 5.36. The molecule has 4 nitrogen and oxygen atoms in total. The van der Waals surface area contributed by atoms with Gasteiger partial charge in [-0.1, -0.05) is 24.3 Å². The Labute approximate surface area is 166 Å². The Hall–Kier alpha value is -2.18. The van der Waals surface area contributed by atoms with Gasteiger partial charge in [0.2, 0.25) is 0 Å². The van der Waals surface area contributed by atoms with Crippen LogP contribution in [0.15, 0.2) is 36.4 Å². The number of hydrogen-bond acceptors (Lipinski definition) is 2. The van der Waals surface area contributed by atoms with Crippen LogP contribution in [0.3, 0.4) is 0 Å². The zero-order chi connectivity index (χ0) is 19.1. The predicted octanol–water partition coefficient (Wildman–Crippen LogP) is 4.19. The van der Waals surface area contributed by atoms with Gasteiger partial charge >= 0.3 is 0 Å². The number of hydrogen-bond donors (Lipinski definition) is 4. The summed E-state index contributed by atoms with van der Waals surface area (Å²) in [5.74, 6) is 0. The average molecular weight is 387 g/mol. The molecule has 0 aliphatic rings. The van der Waals surface area contributed by atoms with Crippen molar-refractivity contribution in [3.8, 4) is 0 Å². The van der Waals surface area contributed by atoms with Crippen molar-refractivity contribution in [2.75, 3.05) is 23.7 Å². The second-order valence-electron chi connectivity index (χ2n) is 6.26. The molecule has 6 heteroatoms. The zero-order valence-corrected chi connectivity index (χ0v) is 17.3. The molecule has 0 saturated heterocycles. The number of benzene rings is 2. The van der Waals surface area contributed by atoms with Crippen molar-refractivity contribution < 1.29 is 0 Å². The molecule has 2 rings (SSSR count). The van der Waals surface area contributed by atoms with Crippen LogP contribution in [-0.2, 0) is 0 Å². The van der Waals surface area contributed by atoms with Gasteiger partial charge in [0.25, 0.3) is 0 Å². The first-order chi connectivity index (χ1) is 12.4. The minimum atomic E-state index is 0.605. The Balaban J connectivity index is 1.72. The highest BCUT2D eigenvalue weighted by Crippen LogP contribution is 2.18. The molecular weight excluding hydrogens is 360 g/mol. The maximum Gasteiger partial charge on any atom is 0.170 e. The SMILES string of the molecule is Cc1cccc(NC(=S)NCCNC(=S)Nc2cccc(C)c2C)c1C. The van der Waals surface area contributed by atoms with E-state index in [9.17, 15) is 0 Å². The van der Waals surface area contributed by atoms with Gasteiger partial charge in [-0.25, -0.2) is 0 Å². The summed E-state index contributed by atoms with van der Waals surface area (Å²) in [7, 11) is 0. The van der Waals surface area contributed by atoms with E-state index >= 15 is 0 Å². The molecular formula is C20H26N4S2. The van der Waals surface area contributed by atoms with Gasteiger partial charge in [-0.3, -0.25) is 0 Å². The molecule has 138 valence electrons. The summed E-state index contributed by atoms with van der Waals surface area (Å²) in [5, 5.41) is 14.1. The monoisotopic (exact) mass is 386 g/mol. The fourth-order valence-corrected chi connectivity index (χ4v) is 2.88. The first kappa shape index (κ1) is 20.1. The van der Waals surface area contributed by atoms with Crippen LogP contribution in [0.25, 0.3) is 0 Å². The van der Waals surface area contributed by atoms with Gasteiger partial charge in [0, 0.05) is 24.5 Å². The lowest BCUT2D eigenvalue weighted by atomic mass is 10.1. The average Bonchev–Trinajstić information content (AvgIpc) is 2.60. The Morgan fingerprint density at radius 2 is 1.08 bits per heavy atom. The standard InChI is InChI=1S/C20H26N4S2/c1-13-7-5-9-17(15(13)3)23-19(25)21-11-12-22-20(26)24-18-10-6-8-14(2)16(18)4/h5-10H,11-12H2,1-4H3,(H2,21,23,25)(H2,22,24,26). The minimum Gasteiger partial charge on any atom is -0.361 e. The molecule has 0 aromatic heterocycles. The molecule has 0 atom stereocenters. The quantitative estimate of drug-likeness (QED) is 0.457. The number of thiocarbonyl (C=S) groups is 2. The number of nitrogens with one attached hydrogen (secondary N) is 4. The highest BCUT2D eigenvalue weighted by molar-refractivity contribution is 7.80. The van der Waals surface area contributed by atoms with Crippen molar-refractivity contribution in [3.05, 3.63) is 58.7 Å². The van der Waals surface area contributed by atoms with Gasteiger partial charge in [-0.2, -0.15) is 0 Å². The molecule has 0 heterocycles. The van der Waals surface area contributed by atoms with Crippen molar-refractivity contribution in [2.45, 2.75) is 27.7 Å². The lowest BCUT2D eigenvalue weighted by Gasteiger charge is -2.16. The predicted molar refractivity (Wildman–Crippen MR) is 120 cm³/mol. The van der Waals surface area contributed by atoms with Crippen molar-refractivity contribution in [2.24, 2.45) is 0 Å². The summed E-state index contributed by atoms with van der Waals surface area (Å²) < 4.78 is 0. The lowest BCUT2D eigenvalue weighted by Crippen LogP contribution is -2.38. The third-order valence-corrected chi connectivity index (χ3v) is 4.89. The molecule has 0 fully saturated rings. The largest absolute Gasteiger partial charge is 0.361 e. The molecule has 0 amide bonds. The van der Waals surface area contributed by atoms with E-state index in [0.29, 0.717) is 23.3 Å². The third-order valence-electron chi connectivity index (χ3n) is 4.40. The van der Waals surface area contributed by atoms with Gasteiger partial charge in [-0.05, 0) is 86.5 Å². The van der Waals surface area contributed by atoms with E-state index in [-0.39, 0.29) is 0 Å². The smallest absolute Gasteiger partial charge is 0.170 e. The van der Waals surface area contributed by atoms with Gasteiger partial charge in [-0.15, -0.1) is 0 Å². The van der Waals surface area contributed by atoms with Crippen LogP contribution >= 0.6 is 24.4 Å². The molecule has 26 heavy (non-hydrogen) atoms. The van der Waals surface area contributed by atoms with E-state index in [1.54, 1.807) is 0 Å². The number of aryl methyl sites for hydroxylation is 2. The summed E-state index contributed by atoms with van der Waals surface area (Å²) >= 11 is 10.7. The molecule has 2 aromatic carbocycles. The second kappa shape index (κ2) is 9.50.